The van der Waals surface area contributed by atoms with Crippen molar-refractivity contribution in [1.29, 1.82) is 0 Å². The van der Waals surface area contributed by atoms with Crippen molar-refractivity contribution >= 4 is 17.9 Å². The first-order valence-electron chi connectivity index (χ1n) is 7.43. The van der Waals surface area contributed by atoms with Crippen LogP contribution in [0, 0.1) is 0 Å². The van der Waals surface area contributed by atoms with Gasteiger partial charge in [-0.3, -0.25) is 4.90 Å². The van der Waals surface area contributed by atoms with Crippen molar-refractivity contribution in [3.05, 3.63) is 64.7 Å². The van der Waals surface area contributed by atoms with E-state index in [1.807, 2.05) is 42.5 Å². The predicted molar refractivity (Wildman–Crippen MR) is 87.2 cm³/mol. The molecule has 1 unspecified atom stereocenters. The van der Waals surface area contributed by atoms with E-state index in [1.165, 1.54) is 0 Å². The van der Waals surface area contributed by atoms with Crippen molar-refractivity contribution in [3.8, 4) is 5.75 Å². The monoisotopic (exact) mass is 315 g/mol. The third kappa shape index (κ3) is 3.32. The average molecular weight is 316 g/mol. The molecule has 0 bridgehead atoms. The number of likely N-dealkylation sites (tertiary alicyclic amines) is 1. The fourth-order valence-electron chi connectivity index (χ4n) is 2.55. The van der Waals surface area contributed by atoms with Gasteiger partial charge in [0.05, 0.1) is 6.04 Å². The van der Waals surface area contributed by atoms with Gasteiger partial charge in [0, 0.05) is 18.1 Å². The van der Waals surface area contributed by atoms with Crippen LogP contribution in [0.2, 0.25) is 5.02 Å². The molecule has 0 spiro atoms. The Kier molecular flexibility index (Phi) is 4.76. The van der Waals surface area contributed by atoms with Gasteiger partial charge in [-0.25, -0.2) is 0 Å². The van der Waals surface area contributed by atoms with Crippen LogP contribution < -0.4 is 4.74 Å². The first-order valence-corrected chi connectivity index (χ1v) is 7.81. The highest BCUT2D eigenvalue weighted by atomic mass is 35.5. The highest BCUT2D eigenvalue weighted by Gasteiger charge is 2.26. The Morgan fingerprint density at radius 1 is 1.18 bits per heavy atom. The number of ether oxygens (including phenoxy) is 1. The van der Waals surface area contributed by atoms with Gasteiger partial charge in [0.2, 0.25) is 0 Å². The zero-order chi connectivity index (χ0) is 15.4. The maximum atomic E-state index is 11.4. The van der Waals surface area contributed by atoms with Gasteiger partial charge < -0.3 is 9.53 Å². The Morgan fingerprint density at radius 2 is 1.95 bits per heavy atom. The van der Waals surface area contributed by atoms with E-state index in [1.54, 1.807) is 6.07 Å². The second kappa shape index (κ2) is 6.95. The summed E-state index contributed by atoms with van der Waals surface area (Å²) in [4.78, 5) is 13.5. The van der Waals surface area contributed by atoms with Crippen molar-refractivity contribution in [2.75, 3.05) is 13.1 Å². The van der Waals surface area contributed by atoms with Crippen molar-refractivity contribution in [2.45, 2.75) is 19.1 Å². The molecular weight excluding hydrogens is 298 g/mol. The molecule has 0 aromatic heterocycles. The number of carbonyl (C=O) groups is 1. The molecule has 22 heavy (non-hydrogen) atoms. The summed E-state index contributed by atoms with van der Waals surface area (Å²) in [5.74, 6) is 0.714. The Hall–Kier alpha value is -1.84. The Labute approximate surface area is 135 Å². The highest BCUT2D eigenvalue weighted by molar-refractivity contribution is 6.31. The Balaban J connectivity index is 1.70. The summed E-state index contributed by atoms with van der Waals surface area (Å²) in [6.07, 6.45) is 2.10. The molecule has 0 aliphatic carbocycles. The standard InChI is InChI=1S/C18H18ClNO2/c19-17-11-15(22-13-14-5-2-1-3-6-14)7-8-16(17)18(12-21)20-9-4-10-20/h1-3,5-8,11-12,18H,4,9-10,13H2. The molecule has 0 radical (unpaired) electrons. The number of hydrogen-bond acceptors (Lipinski definition) is 3. The van der Waals surface area contributed by atoms with Crippen molar-refractivity contribution < 1.29 is 9.53 Å². The van der Waals surface area contributed by atoms with Crippen LogP contribution in [0.1, 0.15) is 23.6 Å². The molecule has 0 amide bonds. The van der Waals surface area contributed by atoms with E-state index in [0.717, 1.165) is 36.9 Å². The summed E-state index contributed by atoms with van der Waals surface area (Å²) in [5, 5.41) is 0.578. The van der Waals surface area contributed by atoms with Gasteiger partial charge in [-0.15, -0.1) is 0 Å². The minimum atomic E-state index is -0.246. The van der Waals surface area contributed by atoms with Gasteiger partial charge in [0.15, 0.2) is 0 Å². The van der Waals surface area contributed by atoms with Gasteiger partial charge >= 0.3 is 0 Å². The number of nitrogens with zero attached hydrogens (tertiary/aromatic N) is 1. The molecule has 2 aromatic carbocycles. The summed E-state index contributed by atoms with van der Waals surface area (Å²) in [5.41, 5.74) is 1.96. The molecular formula is C18H18ClNO2. The van der Waals surface area contributed by atoms with E-state index < -0.39 is 0 Å². The molecule has 3 rings (SSSR count). The molecule has 0 saturated carbocycles. The quantitative estimate of drug-likeness (QED) is 0.758. The number of halogens is 1. The maximum Gasteiger partial charge on any atom is 0.141 e. The molecule has 1 saturated heterocycles. The van der Waals surface area contributed by atoms with Crippen LogP contribution in [0.5, 0.6) is 5.75 Å². The van der Waals surface area contributed by atoms with Gasteiger partial charge in [0.25, 0.3) is 0 Å². The van der Waals surface area contributed by atoms with Crippen molar-refractivity contribution in [1.82, 2.24) is 4.90 Å². The SMILES string of the molecule is O=CC(c1ccc(OCc2ccccc2)cc1Cl)N1CCC1. The molecule has 2 aromatic rings. The predicted octanol–water partition coefficient (Wildman–Crippen LogP) is 3.86. The molecule has 1 aliphatic rings. The minimum Gasteiger partial charge on any atom is -0.489 e. The lowest BCUT2D eigenvalue weighted by atomic mass is 10.0. The lowest BCUT2D eigenvalue weighted by Gasteiger charge is -2.36. The minimum absolute atomic E-state index is 0.246. The molecule has 1 atom stereocenters. The summed E-state index contributed by atoms with van der Waals surface area (Å²) >= 11 is 6.34. The summed E-state index contributed by atoms with van der Waals surface area (Å²) < 4.78 is 5.76. The normalized spacial score (nSPS) is 15.9. The van der Waals surface area contributed by atoms with Crippen LogP contribution in [0.4, 0.5) is 0 Å². The van der Waals surface area contributed by atoms with E-state index in [2.05, 4.69) is 4.90 Å². The van der Waals surface area contributed by atoms with Crippen molar-refractivity contribution in [3.63, 3.8) is 0 Å². The van der Waals surface area contributed by atoms with E-state index in [-0.39, 0.29) is 6.04 Å². The van der Waals surface area contributed by atoms with Crippen LogP contribution in [0.3, 0.4) is 0 Å². The van der Waals surface area contributed by atoms with Crippen LogP contribution in [-0.2, 0) is 11.4 Å². The summed E-state index contributed by atoms with van der Waals surface area (Å²) in [7, 11) is 0. The van der Waals surface area contributed by atoms with Crippen LogP contribution >= 0.6 is 11.6 Å². The van der Waals surface area contributed by atoms with Crippen LogP contribution in [0.25, 0.3) is 0 Å². The van der Waals surface area contributed by atoms with Crippen LogP contribution in [-0.4, -0.2) is 24.3 Å². The number of benzene rings is 2. The van der Waals surface area contributed by atoms with Gasteiger partial charge in [0.1, 0.15) is 18.6 Å². The second-order valence-corrected chi connectivity index (χ2v) is 5.84. The lowest BCUT2D eigenvalue weighted by Crippen LogP contribution is -2.40. The molecule has 1 aliphatic heterocycles. The van der Waals surface area contributed by atoms with Crippen molar-refractivity contribution in [2.24, 2.45) is 0 Å². The van der Waals surface area contributed by atoms with E-state index in [0.29, 0.717) is 17.4 Å². The number of aldehydes is 1. The fraction of sp³-hybridized carbons (Fsp3) is 0.278. The third-order valence-corrected chi connectivity index (χ3v) is 4.28. The second-order valence-electron chi connectivity index (χ2n) is 5.43. The zero-order valence-corrected chi connectivity index (χ0v) is 13.0. The van der Waals surface area contributed by atoms with E-state index in [9.17, 15) is 4.79 Å². The first kappa shape index (κ1) is 15.1. The Bertz CT molecular complexity index is 641. The molecule has 4 heteroatoms. The average Bonchev–Trinajstić information content (AvgIpc) is 2.50. The summed E-state index contributed by atoms with van der Waals surface area (Å²) in [6.45, 7) is 2.40. The van der Waals surface area contributed by atoms with Gasteiger partial charge in [-0.05, 0) is 29.7 Å². The lowest BCUT2D eigenvalue weighted by molar-refractivity contribution is -0.114. The smallest absolute Gasteiger partial charge is 0.141 e. The molecule has 3 nitrogen and oxygen atoms in total. The summed E-state index contributed by atoms with van der Waals surface area (Å²) in [6, 6.07) is 15.3. The van der Waals surface area contributed by atoms with Crippen LogP contribution in [0.15, 0.2) is 48.5 Å². The molecule has 1 fully saturated rings. The van der Waals surface area contributed by atoms with Gasteiger partial charge in [-0.1, -0.05) is 48.0 Å². The number of hydrogen-bond donors (Lipinski definition) is 0. The van der Waals surface area contributed by atoms with E-state index >= 15 is 0 Å². The molecule has 1 heterocycles. The Morgan fingerprint density at radius 3 is 2.55 bits per heavy atom. The molecule has 0 N–H and O–H groups in total. The van der Waals surface area contributed by atoms with E-state index in [4.69, 9.17) is 16.3 Å². The number of carbonyl (C=O) groups excluding carboxylic acids is 1. The first-order chi connectivity index (χ1) is 10.8. The zero-order valence-electron chi connectivity index (χ0n) is 12.2. The maximum absolute atomic E-state index is 11.4. The highest BCUT2D eigenvalue weighted by Crippen LogP contribution is 2.32. The van der Waals surface area contributed by atoms with Gasteiger partial charge in [-0.2, -0.15) is 0 Å². The molecule has 114 valence electrons. The number of rotatable bonds is 6. The topological polar surface area (TPSA) is 29.5 Å². The fourth-order valence-corrected chi connectivity index (χ4v) is 2.84. The third-order valence-electron chi connectivity index (χ3n) is 3.95. The largest absolute Gasteiger partial charge is 0.489 e.